The molecule has 0 unspecified atom stereocenters. The smallest absolute Gasteiger partial charge is 0.227 e. The first kappa shape index (κ1) is 25.1. The van der Waals surface area contributed by atoms with Crippen LogP contribution in [0.25, 0.3) is 11.0 Å². The summed E-state index contributed by atoms with van der Waals surface area (Å²) in [5, 5.41) is 2.23. The number of fused-ring (bicyclic) bond motifs is 3. The number of hydrogen-bond donors (Lipinski definition) is 0. The molecule has 2 bridgehead atoms. The van der Waals surface area contributed by atoms with E-state index >= 15 is 0 Å². The standard InChI is InChI=1S/C31H42N4OS/c1-22-32-26-8-5-6-9-27(26)35(22)25-20-23-11-12-24(21-25)34(23)18-15-31(28-10-7-19-37-28)13-16-33(17-14-31)29(36)30(2,3)4/h5-10,19,23-25H,11-18,20-21H2,1-4H3/t23-,24+,25+. The number of carbonyl (C=O) groups is 1. The van der Waals surface area contributed by atoms with Gasteiger partial charge in [-0.25, -0.2) is 4.98 Å². The number of amides is 1. The van der Waals surface area contributed by atoms with E-state index in [1.165, 1.54) is 49.0 Å². The Kier molecular flexibility index (Phi) is 6.47. The SMILES string of the molecule is Cc1nc2ccccc2n1[C@H]1C[C@H]2CC[C@@H](C1)N2CCC1(c2cccs2)CCN(C(=O)C(C)(C)C)CC1. The van der Waals surface area contributed by atoms with Gasteiger partial charge in [-0.05, 0) is 82.0 Å². The monoisotopic (exact) mass is 518 g/mol. The lowest BCUT2D eigenvalue weighted by molar-refractivity contribution is -0.141. The minimum Gasteiger partial charge on any atom is -0.342 e. The molecule has 3 aromatic rings. The van der Waals surface area contributed by atoms with Crippen LogP contribution in [0, 0.1) is 12.3 Å². The zero-order valence-electron chi connectivity index (χ0n) is 22.9. The molecule has 3 atom stereocenters. The summed E-state index contributed by atoms with van der Waals surface area (Å²) in [6.07, 6.45) is 8.49. The summed E-state index contributed by atoms with van der Waals surface area (Å²) in [6, 6.07) is 15.1. The number of benzene rings is 1. The van der Waals surface area contributed by atoms with Crippen LogP contribution >= 0.6 is 11.3 Å². The highest BCUT2D eigenvalue weighted by molar-refractivity contribution is 7.10. The maximum Gasteiger partial charge on any atom is 0.227 e. The van der Waals surface area contributed by atoms with Crippen molar-refractivity contribution in [2.24, 2.45) is 5.41 Å². The summed E-state index contributed by atoms with van der Waals surface area (Å²) in [7, 11) is 0. The van der Waals surface area contributed by atoms with E-state index in [0.717, 1.165) is 37.3 Å². The zero-order chi connectivity index (χ0) is 25.8. The number of thiophene rings is 1. The van der Waals surface area contributed by atoms with E-state index in [9.17, 15) is 4.79 Å². The molecule has 37 heavy (non-hydrogen) atoms. The topological polar surface area (TPSA) is 41.4 Å². The van der Waals surface area contributed by atoms with E-state index in [1.807, 2.05) is 32.1 Å². The number of imidazole rings is 1. The first-order valence-corrected chi connectivity index (χ1v) is 15.2. The van der Waals surface area contributed by atoms with Crippen LogP contribution in [-0.4, -0.2) is 57.0 Å². The maximum atomic E-state index is 13.0. The van der Waals surface area contributed by atoms with E-state index in [-0.39, 0.29) is 10.8 Å². The van der Waals surface area contributed by atoms with Crippen LogP contribution in [0.15, 0.2) is 41.8 Å². The number of rotatable bonds is 5. The quantitative estimate of drug-likeness (QED) is 0.384. The third-order valence-electron chi connectivity index (χ3n) is 9.54. The molecular formula is C31H42N4OS. The van der Waals surface area contributed by atoms with Crippen LogP contribution < -0.4 is 0 Å². The van der Waals surface area contributed by atoms with Crippen LogP contribution in [0.3, 0.4) is 0 Å². The van der Waals surface area contributed by atoms with Crippen LogP contribution in [0.5, 0.6) is 0 Å². The molecule has 0 N–H and O–H groups in total. The Morgan fingerprint density at radius 1 is 1.03 bits per heavy atom. The van der Waals surface area contributed by atoms with Gasteiger partial charge in [0.2, 0.25) is 5.91 Å². The number of aryl methyl sites for hydroxylation is 1. The highest BCUT2D eigenvalue weighted by Crippen LogP contribution is 2.46. The molecule has 3 fully saturated rings. The van der Waals surface area contributed by atoms with Crippen molar-refractivity contribution in [3.8, 4) is 0 Å². The molecule has 0 saturated carbocycles. The predicted molar refractivity (Wildman–Crippen MR) is 152 cm³/mol. The van der Waals surface area contributed by atoms with E-state index in [4.69, 9.17) is 4.98 Å². The summed E-state index contributed by atoms with van der Waals surface area (Å²) >= 11 is 1.92. The number of carbonyl (C=O) groups excluding carboxylic acids is 1. The number of likely N-dealkylation sites (tertiary alicyclic amines) is 1. The van der Waals surface area contributed by atoms with Crippen molar-refractivity contribution in [3.05, 3.63) is 52.5 Å². The Hall–Kier alpha value is -2.18. The van der Waals surface area contributed by atoms with Crippen LogP contribution in [-0.2, 0) is 10.2 Å². The molecule has 3 aliphatic heterocycles. The molecule has 3 aliphatic rings. The summed E-state index contributed by atoms with van der Waals surface area (Å²) < 4.78 is 2.53. The number of para-hydroxylation sites is 2. The average molecular weight is 519 g/mol. The van der Waals surface area contributed by atoms with Gasteiger partial charge in [0, 0.05) is 46.9 Å². The Morgan fingerprint density at radius 2 is 1.73 bits per heavy atom. The second-order valence-corrected chi connectivity index (χ2v) is 13.8. The Bertz CT molecular complexity index is 1230. The summed E-state index contributed by atoms with van der Waals surface area (Å²) in [5.74, 6) is 1.46. The molecule has 0 radical (unpaired) electrons. The first-order chi connectivity index (χ1) is 17.7. The summed E-state index contributed by atoms with van der Waals surface area (Å²) in [6.45, 7) is 11.3. The Labute approximate surface area is 225 Å². The molecule has 0 spiro atoms. The van der Waals surface area contributed by atoms with E-state index in [1.54, 1.807) is 0 Å². The molecule has 1 aromatic carbocycles. The van der Waals surface area contributed by atoms with Crippen LogP contribution in [0.1, 0.15) is 82.5 Å². The Morgan fingerprint density at radius 3 is 2.38 bits per heavy atom. The third kappa shape index (κ3) is 4.54. The molecular weight excluding hydrogens is 476 g/mol. The van der Waals surface area contributed by atoms with E-state index < -0.39 is 0 Å². The van der Waals surface area contributed by atoms with E-state index in [0.29, 0.717) is 24.0 Å². The van der Waals surface area contributed by atoms with Gasteiger partial charge in [0.05, 0.1) is 11.0 Å². The highest BCUT2D eigenvalue weighted by Gasteiger charge is 2.45. The average Bonchev–Trinajstić information content (AvgIpc) is 3.58. The number of aromatic nitrogens is 2. The molecule has 0 aliphatic carbocycles. The second-order valence-electron chi connectivity index (χ2n) is 12.8. The molecule has 6 rings (SSSR count). The fourth-order valence-corrected chi connectivity index (χ4v) is 8.62. The highest BCUT2D eigenvalue weighted by atomic mass is 32.1. The Balaban J connectivity index is 1.16. The van der Waals surface area contributed by atoms with Crippen molar-refractivity contribution in [1.82, 2.24) is 19.4 Å². The number of hydrogen-bond acceptors (Lipinski definition) is 4. The molecule has 5 heterocycles. The molecule has 6 heteroatoms. The normalized spacial score (nSPS) is 26.2. The van der Waals surface area contributed by atoms with Crippen molar-refractivity contribution < 1.29 is 4.79 Å². The molecule has 1 amide bonds. The zero-order valence-corrected chi connectivity index (χ0v) is 23.8. The summed E-state index contributed by atoms with van der Waals surface area (Å²) in [5.41, 5.74) is 2.33. The molecule has 198 valence electrons. The van der Waals surface area contributed by atoms with Gasteiger partial charge in [0.25, 0.3) is 0 Å². The maximum absolute atomic E-state index is 13.0. The summed E-state index contributed by atoms with van der Waals surface area (Å²) in [4.78, 5) is 24.4. The third-order valence-corrected chi connectivity index (χ3v) is 10.7. The van der Waals surface area contributed by atoms with Gasteiger partial charge < -0.3 is 9.47 Å². The lowest BCUT2D eigenvalue weighted by Crippen LogP contribution is -2.50. The van der Waals surface area contributed by atoms with Gasteiger partial charge in [0.15, 0.2) is 0 Å². The lowest BCUT2D eigenvalue weighted by atomic mass is 9.73. The van der Waals surface area contributed by atoms with Crippen LogP contribution in [0.2, 0.25) is 0 Å². The van der Waals surface area contributed by atoms with Crippen molar-refractivity contribution in [3.63, 3.8) is 0 Å². The van der Waals surface area contributed by atoms with Gasteiger partial charge in [-0.1, -0.05) is 39.0 Å². The van der Waals surface area contributed by atoms with Crippen molar-refractivity contribution >= 4 is 28.3 Å². The van der Waals surface area contributed by atoms with Gasteiger partial charge in [0.1, 0.15) is 5.82 Å². The van der Waals surface area contributed by atoms with Gasteiger partial charge in [-0.2, -0.15) is 0 Å². The van der Waals surface area contributed by atoms with Crippen LogP contribution in [0.4, 0.5) is 0 Å². The second kappa shape index (κ2) is 9.53. The van der Waals surface area contributed by atoms with Gasteiger partial charge in [-0.3, -0.25) is 9.69 Å². The fourth-order valence-electron chi connectivity index (χ4n) is 7.60. The van der Waals surface area contributed by atoms with Gasteiger partial charge >= 0.3 is 0 Å². The van der Waals surface area contributed by atoms with E-state index in [2.05, 4.69) is 63.1 Å². The molecule has 2 aromatic heterocycles. The number of nitrogens with zero attached hydrogens (tertiary/aromatic N) is 4. The lowest BCUT2D eigenvalue weighted by Gasteiger charge is -2.46. The predicted octanol–water partition coefficient (Wildman–Crippen LogP) is 6.57. The molecule has 3 saturated heterocycles. The van der Waals surface area contributed by atoms with Crippen molar-refractivity contribution in [1.29, 1.82) is 0 Å². The minimum atomic E-state index is -0.300. The largest absolute Gasteiger partial charge is 0.342 e. The van der Waals surface area contributed by atoms with Gasteiger partial charge in [-0.15, -0.1) is 11.3 Å². The fraction of sp³-hybridized carbons (Fsp3) is 0.613. The first-order valence-electron chi connectivity index (χ1n) is 14.3. The van der Waals surface area contributed by atoms with Crippen molar-refractivity contribution in [2.75, 3.05) is 19.6 Å². The minimum absolute atomic E-state index is 0.205. The molecule has 5 nitrogen and oxygen atoms in total. The van der Waals surface area contributed by atoms with Crippen molar-refractivity contribution in [2.45, 2.75) is 96.2 Å². The number of piperidine rings is 2.